The maximum Gasteiger partial charge on any atom is 0.0659 e. The van der Waals surface area contributed by atoms with Gasteiger partial charge in [0.1, 0.15) is 0 Å². The predicted molar refractivity (Wildman–Crippen MR) is 66.1 cm³/mol. The molecule has 0 heterocycles. The highest BCUT2D eigenvalue weighted by Crippen LogP contribution is 2.81. The predicted octanol–water partition coefficient (Wildman–Crippen LogP) is 3.61. The Bertz CT molecular complexity index is 296. The van der Waals surface area contributed by atoms with Crippen LogP contribution in [0.5, 0.6) is 0 Å². The minimum absolute atomic E-state index is 0.344. The van der Waals surface area contributed by atoms with E-state index in [1.807, 2.05) is 0 Å². The second-order valence-corrected chi connectivity index (χ2v) is 6.96. The first kappa shape index (κ1) is 11.1. The SMILES string of the molecule is CCCC1CC(C)(O)C2C3CCCC(C)C132. The van der Waals surface area contributed by atoms with Gasteiger partial charge in [-0.15, -0.1) is 0 Å². The molecule has 0 bridgehead atoms. The van der Waals surface area contributed by atoms with Crippen LogP contribution in [0.15, 0.2) is 0 Å². The molecule has 6 atom stereocenters. The van der Waals surface area contributed by atoms with Gasteiger partial charge in [-0.05, 0) is 48.9 Å². The van der Waals surface area contributed by atoms with Crippen LogP contribution in [0.25, 0.3) is 0 Å². The molecule has 92 valence electrons. The second kappa shape index (κ2) is 3.25. The maximum absolute atomic E-state index is 10.6. The molecule has 3 saturated carbocycles. The molecule has 0 aliphatic heterocycles. The molecule has 6 unspecified atom stereocenters. The van der Waals surface area contributed by atoms with E-state index in [0.717, 1.165) is 24.2 Å². The number of hydrogen-bond donors (Lipinski definition) is 1. The molecule has 16 heavy (non-hydrogen) atoms. The van der Waals surface area contributed by atoms with Gasteiger partial charge in [0.25, 0.3) is 0 Å². The average molecular weight is 222 g/mol. The van der Waals surface area contributed by atoms with Crippen LogP contribution in [0.1, 0.15) is 59.3 Å². The molecule has 0 aromatic rings. The lowest BCUT2D eigenvalue weighted by Gasteiger charge is -2.35. The van der Waals surface area contributed by atoms with Crippen LogP contribution in [0, 0.1) is 29.1 Å². The topological polar surface area (TPSA) is 20.2 Å². The second-order valence-electron chi connectivity index (χ2n) is 6.96. The molecular formula is C15H26O. The lowest BCUT2D eigenvalue weighted by atomic mass is 9.70. The van der Waals surface area contributed by atoms with Crippen LogP contribution in [0.3, 0.4) is 0 Å². The molecule has 0 saturated heterocycles. The van der Waals surface area contributed by atoms with Crippen LogP contribution in [-0.4, -0.2) is 10.7 Å². The zero-order valence-electron chi connectivity index (χ0n) is 11.0. The van der Waals surface area contributed by atoms with E-state index in [9.17, 15) is 5.11 Å². The number of hydrogen-bond acceptors (Lipinski definition) is 1. The van der Waals surface area contributed by atoms with Crippen LogP contribution in [0.2, 0.25) is 0 Å². The van der Waals surface area contributed by atoms with E-state index < -0.39 is 0 Å². The first-order valence-electron chi connectivity index (χ1n) is 7.27. The van der Waals surface area contributed by atoms with Gasteiger partial charge in [0.2, 0.25) is 0 Å². The first-order chi connectivity index (χ1) is 7.55. The highest BCUT2D eigenvalue weighted by Gasteiger charge is 2.79. The normalized spacial score (nSPS) is 59.2. The Morgan fingerprint density at radius 2 is 2.06 bits per heavy atom. The summed E-state index contributed by atoms with van der Waals surface area (Å²) in [5, 5.41) is 10.6. The molecule has 0 amide bonds. The standard InChI is InChI=1S/C15H26O/c1-4-6-11-9-14(3,16)13-12-8-5-7-10(2)15(11,12)13/h10-13,16H,4-9H2,1-3H3. The van der Waals surface area contributed by atoms with Crippen molar-refractivity contribution in [3.8, 4) is 0 Å². The van der Waals surface area contributed by atoms with Gasteiger partial charge in [0, 0.05) is 0 Å². The molecule has 1 heteroatoms. The zero-order chi connectivity index (χ0) is 11.6. The van der Waals surface area contributed by atoms with E-state index in [0.29, 0.717) is 11.3 Å². The van der Waals surface area contributed by atoms with Gasteiger partial charge in [-0.25, -0.2) is 0 Å². The van der Waals surface area contributed by atoms with Crippen molar-refractivity contribution >= 4 is 0 Å². The summed E-state index contributed by atoms with van der Waals surface area (Å²) in [5.41, 5.74) is 0.223. The molecular weight excluding hydrogens is 196 g/mol. The van der Waals surface area contributed by atoms with Crippen molar-refractivity contribution in [3.63, 3.8) is 0 Å². The van der Waals surface area contributed by atoms with E-state index >= 15 is 0 Å². The van der Waals surface area contributed by atoms with Crippen molar-refractivity contribution in [2.75, 3.05) is 0 Å². The molecule has 3 rings (SSSR count). The monoisotopic (exact) mass is 222 g/mol. The fourth-order valence-electron chi connectivity index (χ4n) is 5.92. The molecule has 0 radical (unpaired) electrons. The number of rotatable bonds is 2. The molecule has 3 aliphatic rings. The van der Waals surface area contributed by atoms with Crippen molar-refractivity contribution in [2.45, 2.75) is 64.9 Å². The average Bonchev–Trinajstić information content (AvgIpc) is 2.83. The summed E-state index contributed by atoms with van der Waals surface area (Å²) in [7, 11) is 0. The minimum atomic E-state index is -0.344. The molecule has 3 aliphatic carbocycles. The van der Waals surface area contributed by atoms with Gasteiger partial charge in [-0.2, -0.15) is 0 Å². The third-order valence-electron chi connectivity index (χ3n) is 6.15. The zero-order valence-corrected chi connectivity index (χ0v) is 11.0. The highest BCUT2D eigenvalue weighted by molar-refractivity contribution is 5.27. The Morgan fingerprint density at radius 1 is 1.31 bits per heavy atom. The molecule has 1 nitrogen and oxygen atoms in total. The molecule has 0 aromatic carbocycles. The van der Waals surface area contributed by atoms with Crippen molar-refractivity contribution in [1.82, 2.24) is 0 Å². The summed E-state index contributed by atoms with van der Waals surface area (Å²) >= 11 is 0. The summed E-state index contributed by atoms with van der Waals surface area (Å²) in [6.45, 7) is 6.86. The van der Waals surface area contributed by atoms with Gasteiger partial charge in [-0.1, -0.05) is 39.5 Å². The van der Waals surface area contributed by atoms with Crippen LogP contribution in [0.4, 0.5) is 0 Å². The largest absolute Gasteiger partial charge is 0.390 e. The number of aliphatic hydroxyl groups is 1. The van der Waals surface area contributed by atoms with Crippen molar-refractivity contribution in [2.24, 2.45) is 29.1 Å². The highest BCUT2D eigenvalue weighted by atomic mass is 16.3. The fourth-order valence-corrected chi connectivity index (χ4v) is 5.92. The van der Waals surface area contributed by atoms with Crippen LogP contribution < -0.4 is 0 Å². The first-order valence-corrected chi connectivity index (χ1v) is 7.27. The van der Waals surface area contributed by atoms with Crippen molar-refractivity contribution in [3.05, 3.63) is 0 Å². The van der Waals surface area contributed by atoms with Gasteiger partial charge in [0.05, 0.1) is 5.60 Å². The summed E-state index contributed by atoms with van der Waals surface area (Å²) in [6.07, 6.45) is 7.90. The Hall–Kier alpha value is -0.0400. The molecule has 1 spiro atoms. The van der Waals surface area contributed by atoms with Crippen LogP contribution >= 0.6 is 0 Å². The molecule has 0 aromatic heterocycles. The van der Waals surface area contributed by atoms with Gasteiger partial charge >= 0.3 is 0 Å². The molecule has 1 N–H and O–H groups in total. The lowest BCUT2D eigenvalue weighted by Crippen LogP contribution is -2.29. The summed E-state index contributed by atoms with van der Waals surface area (Å²) in [5.74, 6) is 3.20. The Morgan fingerprint density at radius 3 is 2.75 bits per heavy atom. The third kappa shape index (κ3) is 1.11. The summed E-state index contributed by atoms with van der Waals surface area (Å²) in [4.78, 5) is 0. The number of fused-ring (bicyclic) bond motifs is 1. The third-order valence-corrected chi connectivity index (χ3v) is 6.15. The van der Waals surface area contributed by atoms with E-state index in [1.54, 1.807) is 0 Å². The smallest absolute Gasteiger partial charge is 0.0659 e. The summed E-state index contributed by atoms with van der Waals surface area (Å²) in [6, 6.07) is 0. The molecule has 3 fully saturated rings. The van der Waals surface area contributed by atoms with Gasteiger partial charge in [0.15, 0.2) is 0 Å². The van der Waals surface area contributed by atoms with E-state index in [1.165, 1.54) is 32.1 Å². The minimum Gasteiger partial charge on any atom is -0.390 e. The fraction of sp³-hybridized carbons (Fsp3) is 1.00. The van der Waals surface area contributed by atoms with Crippen LogP contribution in [-0.2, 0) is 0 Å². The van der Waals surface area contributed by atoms with E-state index in [-0.39, 0.29) is 5.60 Å². The van der Waals surface area contributed by atoms with E-state index in [4.69, 9.17) is 0 Å². The maximum atomic E-state index is 10.6. The quantitative estimate of drug-likeness (QED) is 0.756. The Labute approximate surface area is 99.6 Å². The Kier molecular flexibility index (Phi) is 2.25. The Balaban J connectivity index is 1.93. The van der Waals surface area contributed by atoms with Crippen molar-refractivity contribution in [1.29, 1.82) is 0 Å². The lowest BCUT2D eigenvalue weighted by molar-refractivity contribution is 0.0275. The summed E-state index contributed by atoms with van der Waals surface area (Å²) < 4.78 is 0. The van der Waals surface area contributed by atoms with Crippen molar-refractivity contribution < 1.29 is 5.11 Å². The van der Waals surface area contributed by atoms with Gasteiger partial charge < -0.3 is 5.11 Å². The van der Waals surface area contributed by atoms with Gasteiger partial charge in [-0.3, -0.25) is 0 Å². The van der Waals surface area contributed by atoms with E-state index in [2.05, 4.69) is 20.8 Å².